The van der Waals surface area contributed by atoms with Crippen molar-refractivity contribution < 1.29 is 42.9 Å². The van der Waals surface area contributed by atoms with Gasteiger partial charge < -0.3 is 28.5 Å². The number of hydrogen-bond acceptors (Lipinski definition) is 7. The Balaban J connectivity index is 4.18. The van der Waals surface area contributed by atoms with E-state index in [1.165, 1.54) is 83.5 Å². The molecule has 0 bridgehead atoms. The van der Waals surface area contributed by atoms with Gasteiger partial charge in [-0.3, -0.25) is 9.59 Å². The Kier molecular flexibility index (Phi) is 69.4. The van der Waals surface area contributed by atoms with Gasteiger partial charge in [0.05, 0.1) is 34.4 Å². The van der Waals surface area contributed by atoms with Crippen molar-refractivity contribution in [3.05, 3.63) is 194 Å². The number of carbonyl (C=O) groups excluding carboxylic acids is 2. The summed E-state index contributed by atoms with van der Waals surface area (Å²) >= 11 is 0. The fourth-order valence-corrected chi connectivity index (χ4v) is 9.69. The number of hydrogen-bond donors (Lipinski definition) is 1. The number of aliphatic carboxylic acids is 1. The highest BCUT2D eigenvalue weighted by Gasteiger charge is 2.25. The van der Waals surface area contributed by atoms with Gasteiger partial charge in [0.25, 0.3) is 6.29 Å². The average Bonchev–Trinajstić information content (AvgIpc) is 3.75. The number of quaternary nitrogens is 1. The molecular formula is C86H138NO8+. The van der Waals surface area contributed by atoms with Crippen LogP contribution in [0.3, 0.4) is 0 Å². The van der Waals surface area contributed by atoms with E-state index in [0.29, 0.717) is 17.4 Å². The molecule has 0 fully saturated rings. The lowest BCUT2D eigenvalue weighted by atomic mass is 10.0. The molecule has 0 aromatic heterocycles. The molecule has 0 aliphatic heterocycles. The molecule has 0 saturated heterocycles. The highest BCUT2D eigenvalue weighted by atomic mass is 16.7. The number of carboxylic acids is 1. The van der Waals surface area contributed by atoms with Crippen molar-refractivity contribution in [3.8, 4) is 0 Å². The molecule has 0 amide bonds. The number of ether oxygens (including phenoxy) is 4. The van der Waals surface area contributed by atoms with E-state index in [0.717, 1.165) is 154 Å². The lowest BCUT2D eigenvalue weighted by molar-refractivity contribution is -0.870. The molecule has 0 spiro atoms. The zero-order chi connectivity index (χ0) is 69.0. The highest BCUT2D eigenvalue weighted by molar-refractivity contribution is 5.71. The third-order valence-electron chi connectivity index (χ3n) is 15.3. The van der Waals surface area contributed by atoms with Crippen molar-refractivity contribution in [2.45, 2.75) is 283 Å². The van der Waals surface area contributed by atoms with E-state index in [4.69, 9.17) is 18.9 Å². The van der Waals surface area contributed by atoms with Crippen molar-refractivity contribution in [1.29, 1.82) is 0 Å². The molecule has 0 aromatic carbocycles. The number of likely N-dealkylation sites (N-methyl/N-ethyl adjacent to an activating group) is 1. The minimum absolute atomic E-state index is 0.176. The number of allylic oxidation sites excluding steroid dienone is 32. The summed E-state index contributed by atoms with van der Waals surface area (Å²) in [6, 6.07) is 0. The topological polar surface area (TPSA) is 108 Å². The SMILES string of the molecule is CC/C=C\C/C=C\C/C=C\C/C=C\C/C=C\C/C=C\C/C=C\C/C=C\C/C=C\CCCCCCCCCCCC(=O)OC(COC(=O)CCCCCCCCCCCCC/C=C\C/C=C\C/C=C\C/C=C\C/C=C\C/C=C\C/C=C\CC)COC(OCC[N+](C)(C)C)C(=O)O. The Bertz CT molecular complexity index is 2270. The number of esters is 2. The molecule has 0 saturated carbocycles. The first kappa shape index (κ1) is 89.1. The van der Waals surface area contributed by atoms with Crippen LogP contribution in [0, 0.1) is 0 Å². The first-order chi connectivity index (χ1) is 46.6. The smallest absolute Gasteiger partial charge is 0.361 e. The quantitative estimate of drug-likeness (QED) is 0.0211. The van der Waals surface area contributed by atoms with Crippen molar-refractivity contribution in [2.75, 3.05) is 47.5 Å². The van der Waals surface area contributed by atoms with Crippen LogP contribution in [0.15, 0.2) is 194 Å². The molecule has 534 valence electrons. The molecule has 2 unspecified atom stereocenters. The summed E-state index contributed by atoms with van der Waals surface area (Å²) in [6.45, 7) is 4.63. The molecular weight excluding hydrogens is 1170 g/mol. The minimum atomic E-state index is -1.53. The molecule has 9 heteroatoms. The molecule has 1 N–H and O–H groups in total. The molecule has 2 atom stereocenters. The van der Waals surface area contributed by atoms with Crippen LogP contribution in [0.2, 0.25) is 0 Å². The van der Waals surface area contributed by atoms with Crippen molar-refractivity contribution in [1.82, 2.24) is 0 Å². The minimum Gasteiger partial charge on any atom is -0.477 e. The number of carboxylic acid groups (broad SMARTS) is 1. The first-order valence-corrected chi connectivity index (χ1v) is 37.6. The molecule has 0 aliphatic carbocycles. The number of rotatable bonds is 67. The number of unbranched alkanes of at least 4 members (excludes halogenated alkanes) is 20. The molecule has 95 heavy (non-hydrogen) atoms. The van der Waals surface area contributed by atoms with Crippen LogP contribution in [-0.4, -0.2) is 87.4 Å². The van der Waals surface area contributed by atoms with E-state index < -0.39 is 24.3 Å². The van der Waals surface area contributed by atoms with Crippen LogP contribution in [0.4, 0.5) is 0 Å². The molecule has 0 aromatic rings. The van der Waals surface area contributed by atoms with Crippen molar-refractivity contribution in [3.63, 3.8) is 0 Å². The predicted octanol–water partition coefficient (Wildman–Crippen LogP) is 24.1. The van der Waals surface area contributed by atoms with E-state index in [1.807, 2.05) is 21.1 Å². The van der Waals surface area contributed by atoms with Gasteiger partial charge in [0.1, 0.15) is 13.2 Å². The van der Waals surface area contributed by atoms with E-state index in [2.05, 4.69) is 208 Å². The fourth-order valence-electron chi connectivity index (χ4n) is 9.69. The maximum Gasteiger partial charge on any atom is 0.361 e. The van der Waals surface area contributed by atoms with E-state index in [-0.39, 0.29) is 38.6 Å². The van der Waals surface area contributed by atoms with E-state index in [9.17, 15) is 19.5 Å². The predicted molar refractivity (Wildman–Crippen MR) is 409 cm³/mol. The third-order valence-corrected chi connectivity index (χ3v) is 15.3. The Morgan fingerprint density at radius 2 is 0.568 bits per heavy atom. The maximum atomic E-state index is 13.0. The largest absolute Gasteiger partial charge is 0.477 e. The molecule has 0 heterocycles. The standard InChI is InChI=1S/C86H137NO8/c1-6-8-10-12-14-16-18-20-22-24-26-28-30-32-34-36-38-40-41-42-43-45-47-49-51-53-55-57-59-61-63-65-67-69-71-73-75-77-84(89)95-82(81-94-86(85(90)91)92-79-78-87(3,4)5)80-93-83(88)76-74-72-70-68-66-64-62-60-58-56-54-52-50-48-46-44-39-37-35-33-31-29-27-25-23-21-19-17-15-13-11-9-7-2/h8-11,14-17,20-23,26-29,32-35,38-40,42-44,47-50,53,55,82,86H,6-7,12-13,18-19,24-25,30-31,36-37,41,45-46,51-52,54,56-81H2,1-5H3/p+1/b10-8-,11-9-,16-14-,17-15-,22-20-,23-21-,28-26-,29-27-,34-32-,35-33-,40-38-,43-42-,44-39-,49-47-,50-48-,55-53-. The Hall–Kier alpha value is -5.87. The summed E-state index contributed by atoms with van der Waals surface area (Å²) < 4.78 is 23.0. The van der Waals surface area contributed by atoms with Gasteiger partial charge in [-0.15, -0.1) is 0 Å². The summed E-state index contributed by atoms with van der Waals surface area (Å²) in [5, 5.41) is 9.77. The average molecular weight is 1310 g/mol. The van der Waals surface area contributed by atoms with Gasteiger partial charge in [0.15, 0.2) is 6.10 Å². The summed E-state index contributed by atoms with van der Waals surface area (Å²) in [6.07, 6.45) is 111. The monoisotopic (exact) mass is 1310 g/mol. The summed E-state index contributed by atoms with van der Waals surface area (Å²) in [4.78, 5) is 37.7. The zero-order valence-corrected chi connectivity index (χ0v) is 61.0. The number of nitrogens with zero attached hydrogens (tertiary/aromatic N) is 1. The van der Waals surface area contributed by atoms with E-state index >= 15 is 0 Å². The van der Waals surface area contributed by atoms with Crippen LogP contribution < -0.4 is 0 Å². The normalized spacial score (nSPS) is 13.8. The summed E-state index contributed by atoms with van der Waals surface area (Å²) in [5.41, 5.74) is 0. The second-order valence-corrected chi connectivity index (χ2v) is 25.5. The van der Waals surface area contributed by atoms with Gasteiger partial charge >= 0.3 is 17.9 Å². The highest BCUT2D eigenvalue weighted by Crippen LogP contribution is 2.16. The lowest BCUT2D eigenvalue weighted by Crippen LogP contribution is -2.40. The third kappa shape index (κ3) is 75.4. The first-order valence-electron chi connectivity index (χ1n) is 37.6. The molecule has 0 radical (unpaired) electrons. The second kappa shape index (κ2) is 73.9. The van der Waals surface area contributed by atoms with Crippen LogP contribution in [0.1, 0.15) is 271 Å². The lowest BCUT2D eigenvalue weighted by Gasteiger charge is -2.25. The molecule has 0 rings (SSSR count). The van der Waals surface area contributed by atoms with Gasteiger partial charge in [0, 0.05) is 12.8 Å². The molecule has 9 nitrogen and oxygen atoms in total. The van der Waals surface area contributed by atoms with Crippen LogP contribution in [0.5, 0.6) is 0 Å². The molecule has 0 aliphatic rings. The van der Waals surface area contributed by atoms with Crippen molar-refractivity contribution >= 4 is 17.9 Å². The Morgan fingerprint density at radius 1 is 0.316 bits per heavy atom. The van der Waals surface area contributed by atoms with Gasteiger partial charge in [-0.05, 0) is 141 Å². The fraction of sp³-hybridized carbons (Fsp3) is 0.593. The van der Waals surface area contributed by atoms with Gasteiger partial charge in [-0.1, -0.05) is 311 Å². The second-order valence-electron chi connectivity index (χ2n) is 25.5. The van der Waals surface area contributed by atoms with Gasteiger partial charge in [0.2, 0.25) is 0 Å². The number of carbonyl (C=O) groups is 3. The van der Waals surface area contributed by atoms with Gasteiger partial charge in [-0.2, -0.15) is 0 Å². The van der Waals surface area contributed by atoms with Crippen LogP contribution >= 0.6 is 0 Å². The zero-order valence-electron chi connectivity index (χ0n) is 61.0. The van der Waals surface area contributed by atoms with Gasteiger partial charge in [-0.25, -0.2) is 4.79 Å². The maximum absolute atomic E-state index is 13.0. The van der Waals surface area contributed by atoms with Crippen LogP contribution in [0.25, 0.3) is 0 Å². The van der Waals surface area contributed by atoms with E-state index in [1.54, 1.807) is 0 Å². The Labute approximate surface area is 582 Å². The summed E-state index contributed by atoms with van der Waals surface area (Å²) in [5.74, 6) is -2.03. The van der Waals surface area contributed by atoms with Crippen molar-refractivity contribution in [2.24, 2.45) is 0 Å². The summed E-state index contributed by atoms with van der Waals surface area (Å²) in [7, 11) is 5.97. The van der Waals surface area contributed by atoms with Crippen LogP contribution in [-0.2, 0) is 33.3 Å². The Morgan fingerprint density at radius 3 is 0.842 bits per heavy atom.